The van der Waals surface area contributed by atoms with Crippen LogP contribution in [0.2, 0.25) is 0 Å². The number of imidazole rings is 1. The topological polar surface area (TPSA) is 61.4 Å². The van der Waals surface area contributed by atoms with Crippen molar-refractivity contribution in [2.24, 2.45) is 5.92 Å². The Morgan fingerprint density at radius 1 is 1.08 bits per heavy atom. The quantitative estimate of drug-likeness (QED) is 0.262. The summed E-state index contributed by atoms with van der Waals surface area (Å²) in [6.45, 7) is 5.95. The van der Waals surface area contributed by atoms with Crippen LogP contribution in [0.5, 0.6) is 0 Å². The summed E-state index contributed by atoms with van der Waals surface area (Å²) >= 11 is 0. The van der Waals surface area contributed by atoms with Gasteiger partial charge < -0.3 is 19.7 Å². The van der Waals surface area contributed by atoms with E-state index in [-0.39, 0.29) is 11.7 Å². The van der Waals surface area contributed by atoms with Crippen molar-refractivity contribution in [3.8, 4) is 0 Å². The Morgan fingerprint density at radius 2 is 1.84 bits per heavy atom. The van der Waals surface area contributed by atoms with Crippen LogP contribution in [-0.4, -0.2) is 52.8 Å². The van der Waals surface area contributed by atoms with Crippen molar-refractivity contribution in [3.05, 3.63) is 65.2 Å². The zero-order valence-corrected chi connectivity index (χ0v) is 23.0. The molecular formula is C31H44FN3O2. The molecule has 5 nitrogen and oxygen atoms in total. The van der Waals surface area contributed by atoms with E-state index in [0.717, 1.165) is 66.8 Å². The summed E-state index contributed by atoms with van der Waals surface area (Å²) in [5.41, 5.74) is 2.06. The van der Waals surface area contributed by atoms with E-state index in [9.17, 15) is 9.50 Å². The molecule has 1 aliphatic rings. The van der Waals surface area contributed by atoms with Crippen LogP contribution >= 0.6 is 0 Å². The van der Waals surface area contributed by atoms with Crippen LogP contribution < -0.4 is 0 Å². The highest BCUT2D eigenvalue weighted by Crippen LogP contribution is 2.50. The minimum Gasteiger partial charge on any atom is -0.382 e. The molecule has 0 bridgehead atoms. The summed E-state index contributed by atoms with van der Waals surface area (Å²) < 4.78 is 20.0. The molecule has 2 atom stereocenters. The number of unbranched alkanes of at least 4 members (excludes halogenated alkanes) is 4. The van der Waals surface area contributed by atoms with E-state index >= 15 is 0 Å². The largest absolute Gasteiger partial charge is 0.382 e. The number of nitrogens with one attached hydrogen (secondary N) is 1. The monoisotopic (exact) mass is 509 g/mol. The molecule has 2 aromatic carbocycles. The van der Waals surface area contributed by atoms with Crippen LogP contribution in [0.4, 0.5) is 4.39 Å². The maximum atomic E-state index is 13.9. The third kappa shape index (κ3) is 5.92. The Morgan fingerprint density at radius 3 is 2.59 bits per heavy atom. The highest BCUT2D eigenvalue weighted by Gasteiger charge is 2.56. The Hall–Kier alpha value is -2.28. The van der Waals surface area contributed by atoms with Gasteiger partial charge in [-0.3, -0.25) is 0 Å². The van der Waals surface area contributed by atoms with E-state index in [0.29, 0.717) is 12.8 Å². The number of methoxy groups -OCH3 is 1. The first kappa shape index (κ1) is 27.7. The third-order valence-corrected chi connectivity index (χ3v) is 8.49. The SMILES string of the molecule is CO[C@]1(CCN(C)CCCCCCCc2nc3ccccc3[nH]2)CCc2cc(F)ccc2[C@@]1(O)C(C)C. The smallest absolute Gasteiger partial charge is 0.123 e. The van der Waals surface area contributed by atoms with Gasteiger partial charge in [0.25, 0.3) is 0 Å². The van der Waals surface area contributed by atoms with Gasteiger partial charge in [-0.15, -0.1) is 0 Å². The van der Waals surface area contributed by atoms with Gasteiger partial charge in [0.05, 0.1) is 11.0 Å². The Kier molecular flexibility index (Phi) is 9.04. The van der Waals surface area contributed by atoms with Crippen molar-refractivity contribution in [1.29, 1.82) is 0 Å². The number of ether oxygens (including phenoxy) is 1. The van der Waals surface area contributed by atoms with Crippen LogP contribution in [0.3, 0.4) is 0 Å². The molecule has 6 heteroatoms. The van der Waals surface area contributed by atoms with Gasteiger partial charge >= 0.3 is 0 Å². The van der Waals surface area contributed by atoms with Crippen molar-refractivity contribution < 1.29 is 14.2 Å². The molecule has 3 aromatic rings. The zero-order valence-electron chi connectivity index (χ0n) is 23.0. The molecule has 0 aliphatic heterocycles. The fourth-order valence-electron chi connectivity index (χ4n) is 6.24. The maximum absolute atomic E-state index is 13.9. The second-order valence-electron chi connectivity index (χ2n) is 11.2. The van der Waals surface area contributed by atoms with Crippen LogP contribution in [0, 0.1) is 11.7 Å². The number of halogens is 1. The standard InChI is InChI=1S/C31H44FN3O2/c1-23(2)31(36)26-16-15-25(32)22-24(26)17-18-30(31,37-4)19-21-35(3)20-11-7-5-6-8-14-29-33-27-12-9-10-13-28(27)34-29/h9-10,12-13,15-16,22-23,36H,5-8,11,14,17-21H2,1-4H3,(H,33,34)/t30-,31-/m0/s1. The Bertz CT molecular complexity index is 1130. The van der Waals surface area contributed by atoms with Crippen molar-refractivity contribution in [3.63, 3.8) is 0 Å². The van der Waals surface area contributed by atoms with Crippen molar-refractivity contribution in [1.82, 2.24) is 14.9 Å². The van der Waals surface area contributed by atoms with Gasteiger partial charge in [-0.1, -0.05) is 51.3 Å². The first-order chi connectivity index (χ1) is 17.8. The second-order valence-corrected chi connectivity index (χ2v) is 11.2. The molecule has 1 aliphatic carbocycles. The lowest BCUT2D eigenvalue weighted by Gasteiger charge is -2.53. The maximum Gasteiger partial charge on any atom is 0.123 e. The number of hydrogen-bond acceptors (Lipinski definition) is 4. The molecule has 0 spiro atoms. The number of fused-ring (bicyclic) bond motifs is 2. The lowest BCUT2D eigenvalue weighted by Crippen LogP contribution is -2.59. The summed E-state index contributed by atoms with van der Waals surface area (Å²) in [7, 11) is 3.87. The number of aromatic nitrogens is 2. The van der Waals surface area contributed by atoms with Crippen molar-refractivity contribution >= 4 is 11.0 Å². The minimum atomic E-state index is -1.15. The van der Waals surface area contributed by atoms with Crippen molar-refractivity contribution in [2.75, 3.05) is 27.2 Å². The average Bonchev–Trinajstić information content (AvgIpc) is 3.30. The minimum absolute atomic E-state index is 0.0539. The third-order valence-electron chi connectivity index (χ3n) is 8.49. The summed E-state index contributed by atoms with van der Waals surface area (Å²) in [4.78, 5) is 10.4. The predicted octanol–water partition coefficient (Wildman–Crippen LogP) is 6.39. The molecule has 4 rings (SSSR count). The van der Waals surface area contributed by atoms with Gasteiger partial charge in [0.1, 0.15) is 22.8 Å². The van der Waals surface area contributed by atoms with Crippen LogP contribution in [0.15, 0.2) is 42.5 Å². The summed E-state index contributed by atoms with van der Waals surface area (Å²) in [6, 6.07) is 13.0. The normalized spacial score (nSPS) is 21.7. The number of aryl methyl sites for hydroxylation is 2. The molecule has 0 radical (unpaired) electrons. The first-order valence-electron chi connectivity index (χ1n) is 14.0. The van der Waals surface area contributed by atoms with Gasteiger partial charge in [0.15, 0.2) is 0 Å². The van der Waals surface area contributed by atoms with E-state index in [1.54, 1.807) is 19.2 Å². The average molecular weight is 510 g/mol. The number of nitrogens with zero attached hydrogens (tertiary/aromatic N) is 2. The lowest BCUT2D eigenvalue weighted by molar-refractivity contribution is -0.212. The highest BCUT2D eigenvalue weighted by molar-refractivity contribution is 5.74. The number of aromatic amines is 1. The summed E-state index contributed by atoms with van der Waals surface area (Å²) in [5.74, 6) is 0.788. The van der Waals surface area contributed by atoms with E-state index in [2.05, 4.69) is 34.0 Å². The van der Waals surface area contributed by atoms with Gasteiger partial charge in [-0.2, -0.15) is 0 Å². The van der Waals surface area contributed by atoms with Crippen LogP contribution in [0.25, 0.3) is 11.0 Å². The van der Waals surface area contributed by atoms with E-state index < -0.39 is 11.2 Å². The van der Waals surface area contributed by atoms with Gasteiger partial charge in [0, 0.05) is 20.1 Å². The van der Waals surface area contributed by atoms with E-state index in [4.69, 9.17) is 4.74 Å². The number of hydrogen-bond donors (Lipinski definition) is 2. The molecular weight excluding hydrogens is 465 g/mol. The molecule has 37 heavy (non-hydrogen) atoms. The lowest BCUT2D eigenvalue weighted by atomic mass is 9.62. The molecule has 2 N–H and O–H groups in total. The zero-order chi connectivity index (χ0) is 26.5. The Balaban J connectivity index is 1.21. The molecule has 0 saturated carbocycles. The Labute approximate surface area is 221 Å². The predicted molar refractivity (Wildman–Crippen MR) is 148 cm³/mol. The summed E-state index contributed by atoms with van der Waals surface area (Å²) in [5, 5.41) is 12.1. The molecule has 0 fully saturated rings. The molecule has 1 heterocycles. The highest BCUT2D eigenvalue weighted by atomic mass is 19.1. The number of aliphatic hydroxyl groups is 1. The van der Waals surface area contributed by atoms with Gasteiger partial charge in [0.2, 0.25) is 0 Å². The number of rotatable bonds is 13. The van der Waals surface area contributed by atoms with Crippen LogP contribution in [-0.2, 0) is 23.2 Å². The van der Waals surface area contributed by atoms with Gasteiger partial charge in [-0.25, -0.2) is 9.37 Å². The molecule has 0 amide bonds. The number of para-hydroxylation sites is 2. The number of benzene rings is 2. The fourth-order valence-corrected chi connectivity index (χ4v) is 6.24. The number of H-pyrrole nitrogens is 1. The second kappa shape index (κ2) is 12.1. The molecule has 1 aromatic heterocycles. The fraction of sp³-hybridized carbons (Fsp3) is 0.581. The van der Waals surface area contributed by atoms with Crippen LogP contribution in [0.1, 0.15) is 75.7 Å². The summed E-state index contributed by atoms with van der Waals surface area (Å²) in [6.07, 6.45) is 9.13. The van der Waals surface area contributed by atoms with Crippen molar-refractivity contribution in [2.45, 2.75) is 82.8 Å². The van der Waals surface area contributed by atoms with E-state index in [1.807, 2.05) is 26.0 Å². The molecule has 202 valence electrons. The molecule has 0 unspecified atom stereocenters. The molecule has 0 saturated heterocycles. The van der Waals surface area contributed by atoms with Gasteiger partial charge in [-0.05, 0) is 87.0 Å². The first-order valence-corrected chi connectivity index (χ1v) is 14.0. The van der Waals surface area contributed by atoms with E-state index in [1.165, 1.54) is 25.3 Å².